The van der Waals surface area contributed by atoms with E-state index >= 15 is 0 Å². The van der Waals surface area contributed by atoms with E-state index in [-0.39, 0.29) is 9.90 Å². The quantitative estimate of drug-likeness (QED) is 0.887. The number of carbonyl (C=O) groups is 1. The zero-order valence-electron chi connectivity index (χ0n) is 8.83. The first-order chi connectivity index (χ1) is 7.99. The second-order valence-electron chi connectivity index (χ2n) is 3.56. The van der Waals surface area contributed by atoms with Gasteiger partial charge in [-0.2, -0.15) is 0 Å². The van der Waals surface area contributed by atoms with Crippen molar-refractivity contribution in [2.75, 3.05) is 0 Å². The lowest BCUT2D eigenvalue weighted by molar-refractivity contribution is 0.0702. The summed E-state index contributed by atoms with van der Waals surface area (Å²) < 4.78 is 13.0. The van der Waals surface area contributed by atoms with Crippen LogP contribution in [-0.4, -0.2) is 11.1 Å². The summed E-state index contributed by atoms with van der Waals surface area (Å²) in [6.07, 6.45) is 0. The number of benzene rings is 1. The van der Waals surface area contributed by atoms with Crippen molar-refractivity contribution in [2.45, 2.75) is 6.92 Å². The molecule has 0 radical (unpaired) electrons. The van der Waals surface area contributed by atoms with Crippen molar-refractivity contribution in [2.24, 2.45) is 0 Å². The van der Waals surface area contributed by atoms with E-state index in [1.54, 1.807) is 12.1 Å². The highest BCUT2D eigenvalue weighted by molar-refractivity contribution is 7.17. The van der Waals surface area contributed by atoms with Gasteiger partial charge in [0.25, 0.3) is 0 Å². The molecule has 2 nitrogen and oxygen atoms in total. The van der Waals surface area contributed by atoms with Crippen LogP contribution >= 0.6 is 22.9 Å². The molecule has 1 N–H and O–H groups in total. The Morgan fingerprint density at radius 1 is 1.41 bits per heavy atom. The monoisotopic (exact) mass is 270 g/mol. The molecule has 0 fully saturated rings. The predicted molar refractivity (Wildman–Crippen MR) is 66.4 cm³/mol. The van der Waals surface area contributed by atoms with Crippen LogP contribution < -0.4 is 0 Å². The van der Waals surface area contributed by atoms with Gasteiger partial charge in [0.15, 0.2) is 0 Å². The van der Waals surface area contributed by atoms with Gasteiger partial charge >= 0.3 is 5.97 Å². The topological polar surface area (TPSA) is 37.3 Å². The summed E-state index contributed by atoms with van der Waals surface area (Å²) in [6, 6.07) is 5.96. The highest BCUT2D eigenvalue weighted by Gasteiger charge is 2.13. The number of halogens is 2. The molecule has 0 aliphatic heterocycles. The van der Waals surface area contributed by atoms with Crippen LogP contribution in [0.3, 0.4) is 0 Å². The molecule has 0 aliphatic rings. The number of carboxylic acids is 1. The molecule has 5 heteroatoms. The van der Waals surface area contributed by atoms with Gasteiger partial charge in [-0.05, 0) is 36.2 Å². The molecule has 88 valence electrons. The van der Waals surface area contributed by atoms with Crippen LogP contribution in [0.25, 0.3) is 10.4 Å². The van der Waals surface area contributed by atoms with Crippen LogP contribution in [0.5, 0.6) is 0 Å². The summed E-state index contributed by atoms with van der Waals surface area (Å²) in [7, 11) is 0. The molecule has 0 spiro atoms. The van der Waals surface area contributed by atoms with Crippen molar-refractivity contribution in [3.05, 3.63) is 45.5 Å². The summed E-state index contributed by atoms with van der Waals surface area (Å²) in [4.78, 5) is 11.9. The molecule has 0 atom stereocenters. The second kappa shape index (κ2) is 4.47. The van der Waals surface area contributed by atoms with E-state index in [0.29, 0.717) is 0 Å². The number of hydrogen-bond acceptors (Lipinski definition) is 2. The summed E-state index contributed by atoms with van der Waals surface area (Å²) in [5.74, 6) is -1.44. The SMILES string of the molecule is Cc1cc(C(=O)O)sc1-c1ccc(F)c(Cl)c1. The maximum atomic E-state index is 13.0. The van der Waals surface area contributed by atoms with Gasteiger partial charge in [0.05, 0.1) is 5.02 Å². The zero-order chi connectivity index (χ0) is 12.6. The fourth-order valence-electron chi connectivity index (χ4n) is 1.51. The molecular formula is C12H8ClFO2S. The number of carboxylic acid groups (broad SMARTS) is 1. The van der Waals surface area contributed by atoms with Crippen LogP contribution in [0.2, 0.25) is 5.02 Å². The van der Waals surface area contributed by atoms with Gasteiger partial charge in [-0.3, -0.25) is 0 Å². The van der Waals surface area contributed by atoms with Crippen molar-refractivity contribution < 1.29 is 14.3 Å². The molecular weight excluding hydrogens is 263 g/mol. The lowest BCUT2D eigenvalue weighted by Crippen LogP contribution is -1.89. The highest BCUT2D eigenvalue weighted by Crippen LogP contribution is 2.34. The van der Waals surface area contributed by atoms with Crippen molar-refractivity contribution in [1.29, 1.82) is 0 Å². The van der Waals surface area contributed by atoms with E-state index in [9.17, 15) is 9.18 Å². The normalized spacial score (nSPS) is 10.5. The van der Waals surface area contributed by atoms with Crippen molar-refractivity contribution in [3.63, 3.8) is 0 Å². The minimum atomic E-state index is -0.961. The maximum absolute atomic E-state index is 13.0. The molecule has 0 amide bonds. The minimum Gasteiger partial charge on any atom is -0.477 e. The average Bonchev–Trinajstić information content (AvgIpc) is 2.65. The van der Waals surface area contributed by atoms with Crippen LogP contribution in [0.15, 0.2) is 24.3 Å². The largest absolute Gasteiger partial charge is 0.477 e. The summed E-state index contributed by atoms with van der Waals surface area (Å²) in [5, 5.41) is 8.93. The van der Waals surface area contributed by atoms with Gasteiger partial charge in [0, 0.05) is 4.88 Å². The standard InChI is InChI=1S/C12H8ClFO2S/c1-6-4-10(12(15)16)17-11(6)7-2-3-9(14)8(13)5-7/h2-5H,1H3,(H,15,16). The maximum Gasteiger partial charge on any atom is 0.345 e. The number of thiophene rings is 1. The predicted octanol–water partition coefficient (Wildman–Crippen LogP) is 4.21. The number of aromatic carboxylic acids is 1. The van der Waals surface area contributed by atoms with E-state index in [1.165, 1.54) is 12.1 Å². The highest BCUT2D eigenvalue weighted by atomic mass is 35.5. The van der Waals surface area contributed by atoms with Crippen LogP contribution in [0.4, 0.5) is 4.39 Å². The first-order valence-corrected chi connectivity index (χ1v) is 5.97. The molecule has 1 heterocycles. The minimum absolute atomic E-state index is 0.0344. The Bertz CT molecular complexity index is 592. The molecule has 2 aromatic rings. The van der Waals surface area contributed by atoms with Gasteiger partial charge in [0.2, 0.25) is 0 Å². The Balaban J connectivity index is 2.52. The molecule has 1 aromatic carbocycles. The van der Waals surface area contributed by atoms with Crippen LogP contribution in [0.1, 0.15) is 15.2 Å². The molecule has 17 heavy (non-hydrogen) atoms. The average molecular weight is 271 g/mol. The van der Waals surface area contributed by atoms with E-state index in [1.807, 2.05) is 6.92 Å². The van der Waals surface area contributed by atoms with E-state index in [4.69, 9.17) is 16.7 Å². The number of aryl methyl sites for hydroxylation is 1. The molecule has 1 aromatic heterocycles. The zero-order valence-corrected chi connectivity index (χ0v) is 10.4. The van der Waals surface area contributed by atoms with Crippen LogP contribution in [0, 0.1) is 12.7 Å². The van der Waals surface area contributed by atoms with E-state index in [0.717, 1.165) is 27.3 Å². The lowest BCUT2D eigenvalue weighted by Gasteiger charge is -2.01. The third-order valence-electron chi connectivity index (χ3n) is 2.31. The molecule has 0 aliphatic carbocycles. The molecule has 0 unspecified atom stereocenters. The second-order valence-corrected chi connectivity index (χ2v) is 5.02. The van der Waals surface area contributed by atoms with Gasteiger partial charge in [0.1, 0.15) is 10.7 Å². The Morgan fingerprint density at radius 3 is 2.65 bits per heavy atom. The Hall–Kier alpha value is -1.39. The van der Waals surface area contributed by atoms with Crippen LogP contribution in [-0.2, 0) is 0 Å². The summed E-state index contributed by atoms with van der Waals surface area (Å²) in [6.45, 7) is 1.82. The summed E-state index contributed by atoms with van der Waals surface area (Å²) in [5.41, 5.74) is 1.57. The van der Waals surface area contributed by atoms with Gasteiger partial charge in [-0.25, -0.2) is 9.18 Å². The van der Waals surface area contributed by atoms with E-state index < -0.39 is 11.8 Å². The van der Waals surface area contributed by atoms with Crippen molar-refractivity contribution in [1.82, 2.24) is 0 Å². The lowest BCUT2D eigenvalue weighted by atomic mass is 10.1. The molecule has 0 saturated carbocycles. The van der Waals surface area contributed by atoms with Gasteiger partial charge < -0.3 is 5.11 Å². The van der Waals surface area contributed by atoms with E-state index in [2.05, 4.69) is 0 Å². The number of hydrogen-bond donors (Lipinski definition) is 1. The fourth-order valence-corrected chi connectivity index (χ4v) is 2.70. The first kappa shape index (κ1) is 12.1. The molecule has 0 bridgehead atoms. The number of rotatable bonds is 2. The van der Waals surface area contributed by atoms with Crippen molar-refractivity contribution in [3.8, 4) is 10.4 Å². The molecule has 0 saturated heterocycles. The third kappa shape index (κ3) is 2.33. The Morgan fingerprint density at radius 2 is 2.12 bits per heavy atom. The summed E-state index contributed by atoms with van der Waals surface area (Å²) >= 11 is 6.85. The van der Waals surface area contributed by atoms with Gasteiger partial charge in [-0.1, -0.05) is 17.7 Å². The first-order valence-electron chi connectivity index (χ1n) is 4.78. The molecule has 2 rings (SSSR count). The van der Waals surface area contributed by atoms with Gasteiger partial charge in [-0.15, -0.1) is 11.3 Å². The fraction of sp³-hybridized carbons (Fsp3) is 0.0833. The Kier molecular flexibility index (Phi) is 3.17. The van der Waals surface area contributed by atoms with Crippen molar-refractivity contribution >= 4 is 28.9 Å². The Labute approximate surface area is 106 Å². The smallest absolute Gasteiger partial charge is 0.345 e. The third-order valence-corrected chi connectivity index (χ3v) is 3.87.